The Labute approximate surface area is 217 Å². The molecule has 1 aliphatic rings. The first kappa shape index (κ1) is 25.1. The van der Waals surface area contributed by atoms with Crippen LogP contribution in [0.1, 0.15) is 16.7 Å². The molecule has 0 unspecified atom stereocenters. The minimum Gasteiger partial charge on any atom is -0.488 e. The van der Waals surface area contributed by atoms with Crippen molar-refractivity contribution in [1.82, 2.24) is 4.90 Å². The van der Waals surface area contributed by atoms with Crippen LogP contribution in [0, 0.1) is 20.2 Å². The number of carbonyl (C=O) groups excluding carboxylic acids is 2. The van der Waals surface area contributed by atoms with E-state index in [1.165, 1.54) is 36.4 Å². The summed E-state index contributed by atoms with van der Waals surface area (Å²) in [6, 6.07) is 17.1. The summed E-state index contributed by atoms with van der Waals surface area (Å²) < 4.78 is 6.60. The molecule has 0 radical (unpaired) electrons. The number of imide groups is 1. The zero-order valence-electron chi connectivity index (χ0n) is 18.3. The summed E-state index contributed by atoms with van der Waals surface area (Å²) in [5.41, 5.74) is 1.29. The number of carbonyl (C=O) groups is 2. The van der Waals surface area contributed by atoms with Crippen molar-refractivity contribution >= 4 is 56.3 Å². The molecule has 1 fully saturated rings. The van der Waals surface area contributed by atoms with Crippen molar-refractivity contribution in [3.8, 4) is 5.75 Å². The lowest BCUT2D eigenvalue weighted by Crippen LogP contribution is -2.27. The summed E-state index contributed by atoms with van der Waals surface area (Å²) in [4.78, 5) is 47.8. The standard InChI is InChI=1S/C24H16BrN3O7S/c25-18-7-10-21(35-14-15-5-8-19(9-6-15)27(31)32)17(11-18)12-22-23(29)26(24(30)36-22)13-16-3-1-2-4-20(16)28(33)34/h1-12H,13-14H2/b22-12-. The quantitative estimate of drug-likeness (QED) is 0.181. The van der Waals surface area contributed by atoms with Gasteiger partial charge in [0.25, 0.3) is 22.5 Å². The fraction of sp³-hybridized carbons (Fsp3) is 0.0833. The van der Waals surface area contributed by atoms with Crippen LogP contribution in [0.5, 0.6) is 5.75 Å². The van der Waals surface area contributed by atoms with Crippen molar-refractivity contribution < 1.29 is 24.2 Å². The molecule has 0 spiro atoms. The van der Waals surface area contributed by atoms with Crippen LogP contribution in [-0.4, -0.2) is 25.9 Å². The van der Waals surface area contributed by atoms with Gasteiger partial charge in [0, 0.05) is 33.8 Å². The van der Waals surface area contributed by atoms with Gasteiger partial charge in [0.05, 0.1) is 21.3 Å². The van der Waals surface area contributed by atoms with E-state index < -0.39 is 21.0 Å². The van der Waals surface area contributed by atoms with Crippen molar-refractivity contribution in [2.24, 2.45) is 0 Å². The second-order valence-electron chi connectivity index (χ2n) is 7.55. The number of hydrogen-bond donors (Lipinski definition) is 0. The third-order valence-corrected chi connectivity index (χ3v) is 6.59. The number of nitro groups is 2. The van der Waals surface area contributed by atoms with Gasteiger partial charge < -0.3 is 4.74 Å². The third kappa shape index (κ3) is 5.61. The van der Waals surface area contributed by atoms with Crippen LogP contribution >= 0.6 is 27.7 Å². The number of benzene rings is 3. The zero-order valence-corrected chi connectivity index (χ0v) is 20.7. The third-order valence-electron chi connectivity index (χ3n) is 5.19. The number of para-hydroxylation sites is 1. The van der Waals surface area contributed by atoms with Crippen LogP contribution in [0.4, 0.5) is 16.2 Å². The van der Waals surface area contributed by atoms with E-state index in [0.717, 1.165) is 21.1 Å². The molecule has 2 amide bonds. The minimum atomic E-state index is -0.565. The molecule has 0 bridgehead atoms. The fourth-order valence-corrected chi connectivity index (χ4v) is 4.62. The molecular weight excluding hydrogens is 554 g/mol. The molecule has 1 saturated heterocycles. The van der Waals surface area contributed by atoms with Crippen LogP contribution in [0.15, 0.2) is 76.1 Å². The highest BCUT2D eigenvalue weighted by atomic mass is 79.9. The van der Waals surface area contributed by atoms with Crippen LogP contribution < -0.4 is 4.74 Å². The molecule has 12 heteroatoms. The molecule has 182 valence electrons. The average molecular weight is 570 g/mol. The van der Waals surface area contributed by atoms with E-state index in [4.69, 9.17) is 4.74 Å². The predicted octanol–water partition coefficient (Wildman–Crippen LogP) is 6.08. The minimum absolute atomic E-state index is 0.0281. The maximum absolute atomic E-state index is 13.0. The van der Waals surface area contributed by atoms with Crippen molar-refractivity contribution in [3.63, 3.8) is 0 Å². The van der Waals surface area contributed by atoms with Gasteiger partial charge in [-0.25, -0.2) is 0 Å². The number of ether oxygens (including phenoxy) is 1. The highest BCUT2D eigenvalue weighted by Crippen LogP contribution is 2.36. The number of halogens is 1. The van der Waals surface area contributed by atoms with Crippen molar-refractivity contribution in [3.05, 3.63) is 113 Å². The maximum Gasteiger partial charge on any atom is 0.293 e. The smallest absolute Gasteiger partial charge is 0.293 e. The van der Waals surface area contributed by atoms with Gasteiger partial charge >= 0.3 is 0 Å². The second kappa shape index (κ2) is 10.7. The number of rotatable bonds is 8. The van der Waals surface area contributed by atoms with Gasteiger partial charge in [-0.3, -0.25) is 34.7 Å². The summed E-state index contributed by atoms with van der Waals surface area (Å²) in [6.07, 6.45) is 1.53. The molecule has 0 aliphatic carbocycles. The van der Waals surface area contributed by atoms with Gasteiger partial charge in [0.1, 0.15) is 12.4 Å². The molecule has 4 rings (SSSR count). The van der Waals surface area contributed by atoms with E-state index in [-0.39, 0.29) is 35.0 Å². The topological polar surface area (TPSA) is 133 Å². The van der Waals surface area contributed by atoms with Crippen LogP contribution in [-0.2, 0) is 17.9 Å². The molecule has 0 aromatic heterocycles. The summed E-state index contributed by atoms with van der Waals surface area (Å²) >= 11 is 4.12. The first-order chi connectivity index (χ1) is 17.2. The second-order valence-corrected chi connectivity index (χ2v) is 9.46. The lowest BCUT2D eigenvalue weighted by atomic mass is 10.1. The Balaban J connectivity index is 1.55. The van der Waals surface area contributed by atoms with E-state index in [0.29, 0.717) is 16.9 Å². The van der Waals surface area contributed by atoms with Crippen molar-refractivity contribution in [2.75, 3.05) is 0 Å². The Morgan fingerprint density at radius 2 is 1.69 bits per heavy atom. The van der Waals surface area contributed by atoms with Gasteiger partial charge in [-0.05, 0) is 53.7 Å². The van der Waals surface area contributed by atoms with Crippen LogP contribution in [0.25, 0.3) is 6.08 Å². The molecule has 1 aliphatic heterocycles. The SMILES string of the molecule is O=C1S/C(=C\c2cc(Br)ccc2OCc2ccc([N+](=O)[O-])cc2)C(=O)N1Cc1ccccc1[N+](=O)[O-]. The molecule has 10 nitrogen and oxygen atoms in total. The number of thioether (sulfide) groups is 1. The molecule has 0 atom stereocenters. The van der Waals surface area contributed by atoms with Gasteiger partial charge in [0.2, 0.25) is 0 Å². The number of amides is 2. The molecule has 0 saturated carbocycles. The summed E-state index contributed by atoms with van der Waals surface area (Å²) in [5, 5.41) is 21.6. The summed E-state index contributed by atoms with van der Waals surface area (Å²) in [6.45, 7) is -0.0965. The van der Waals surface area contributed by atoms with Gasteiger partial charge in [0.15, 0.2) is 0 Å². The molecule has 3 aromatic rings. The first-order valence-electron chi connectivity index (χ1n) is 10.4. The van der Waals surface area contributed by atoms with Crippen LogP contribution in [0.2, 0.25) is 0 Å². The van der Waals surface area contributed by atoms with E-state index >= 15 is 0 Å². The first-order valence-corrected chi connectivity index (χ1v) is 12.0. The summed E-state index contributed by atoms with van der Waals surface area (Å²) in [5.74, 6) is -0.133. The zero-order chi connectivity index (χ0) is 25.8. The van der Waals surface area contributed by atoms with Crippen LogP contribution in [0.3, 0.4) is 0 Å². The number of nitro benzene ring substituents is 2. The molecular formula is C24H16BrN3O7S. The highest BCUT2D eigenvalue weighted by Gasteiger charge is 2.36. The fourth-order valence-electron chi connectivity index (χ4n) is 3.41. The van der Waals surface area contributed by atoms with Crippen molar-refractivity contribution in [2.45, 2.75) is 13.2 Å². The highest BCUT2D eigenvalue weighted by molar-refractivity contribution is 9.10. The number of nitrogens with zero attached hydrogens (tertiary/aromatic N) is 3. The monoisotopic (exact) mass is 569 g/mol. The Bertz CT molecular complexity index is 1410. The van der Waals surface area contributed by atoms with Crippen molar-refractivity contribution in [1.29, 1.82) is 0 Å². The lowest BCUT2D eigenvalue weighted by molar-refractivity contribution is -0.385. The van der Waals surface area contributed by atoms with E-state index in [9.17, 15) is 29.8 Å². The van der Waals surface area contributed by atoms with Gasteiger partial charge in [-0.15, -0.1) is 0 Å². The molecule has 1 heterocycles. The van der Waals surface area contributed by atoms with E-state index in [2.05, 4.69) is 15.9 Å². The summed E-state index contributed by atoms with van der Waals surface area (Å²) in [7, 11) is 0. The Kier molecular flexibility index (Phi) is 7.46. The lowest BCUT2D eigenvalue weighted by Gasteiger charge is -2.13. The predicted molar refractivity (Wildman–Crippen MR) is 136 cm³/mol. The van der Waals surface area contributed by atoms with Gasteiger partial charge in [-0.1, -0.05) is 34.1 Å². The molecule has 36 heavy (non-hydrogen) atoms. The average Bonchev–Trinajstić information content (AvgIpc) is 3.11. The molecule has 3 aromatic carbocycles. The Morgan fingerprint density at radius 1 is 0.972 bits per heavy atom. The Hall–Kier alpha value is -4.03. The molecule has 0 N–H and O–H groups in total. The number of non-ortho nitro benzene ring substituents is 1. The largest absolute Gasteiger partial charge is 0.488 e. The van der Waals surface area contributed by atoms with E-state index in [1.807, 2.05) is 0 Å². The maximum atomic E-state index is 13.0. The Morgan fingerprint density at radius 3 is 2.39 bits per heavy atom. The van der Waals surface area contributed by atoms with Gasteiger partial charge in [-0.2, -0.15) is 0 Å². The normalized spacial score (nSPS) is 14.4. The van der Waals surface area contributed by atoms with E-state index in [1.54, 1.807) is 36.4 Å². The number of hydrogen-bond acceptors (Lipinski definition) is 8.